The fourth-order valence-electron chi connectivity index (χ4n) is 3.08. The number of rotatable bonds is 5. The quantitative estimate of drug-likeness (QED) is 0.626. The van der Waals surface area contributed by atoms with Gasteiger partial charge in [0.15, 0.2) is 11.3 Å². The monoisotopic (exact) mass is 347 g/mol. The first-order chi connectivity index (χ1) is 11.8. The van der Waals surface area contributed by atoms with Gasteiger partial charge in [-0.15, -0.1) is 0 Å². The van der Waals surface area contributed by atoms with E-state index in [4.69, 9.17) is 9.26 Å². The highest BCUT2D eigenvalue weighted by molar-refractivity contribution is 6.05. The SMILES string of the molecule is CCc1noc([C@H](C)[C@@]2(O)C(=O)Nc3ccc(OC)cc32)c1[N+](=O)[O-]. The molecule has 9 nitrogen and oxygen atoms in total. The number of hydrogen-bond donors (Lipinski definition) is 2. The molecule has 2 heterocycles. The Balaban J connectivity index is 2.15. The van der Waals surface area contributed by atoms with E-state index in [0.29, 0.717) is 17.9 Å². The zero-order valence-corrected chi connectivity index (χ0v) is 13.9. The Morgan fingerprint density at radius 2 is 2.24 bits per heavy atom. The van der Waals surface area contributed by atoms with Gasteiger partial charge in [-0.25, -0.2) is 0 Å². The summed E-state index contributed by atoms with van der Waals surface area (Å²) in [5.41, 5.74) is -1.50. The van der Waals surface area contributed by atoms with Gasteiger partial charge in [0, 0.05) is 11.3 Å². The van der Waals surface area contributed by atoms with E-state index >= 15 is 0 Å². The minimum Gasteiger partial charge on any atom is -0.497 e. The molecule has 1 aromatic carbocycles. The summed E-state index contributed by atoms with van der Waals surface area (Å²) in [5, 5.41) is 28.9. The average Bonchev–Trinajstić information content (AvgIpc) is 3.14. The molecule has 0 saturated carbocycles. The van der Waals surface area contributed by atoms with Crippen LogP contribution >= 0.6 is 0 Å². The molecule has 0 saturated heterocycles. The van der Waals surface area contributed by atoms with Crippen molar-refractivity contribution < 1.29 is 24.1 Å². The zero-order chi connectivity index (χ0) is 18.4. The topological polar surface area (TPSA) is 128 Å². The number of aryl methyl sites for hydroxylation is 1. The molecule has 1 aliphatic rings. The van der Waals surface area contributed by atoms with Gasteiger partial charge in [0.2, 0.25) is 5.76 Å². The third-order valence-electron chi connectivity index (χ3n) is 4.53. The van der Waals surface area contributed by atoms with Crippen molar-refractivity contribution >= 4 is 17.3 Å². The molecule has 1 aromatic heterocycles. The summed E-state index contributed by atoms with van der Waals surface area (Å²) < 4.78 is 10.3. The number of aromatic nitrogens is 1. The summed E-state index contributed by atoms with van der Waals surface area (Å²) >= 11 is 0. The Morgan fingerprint density at radius 3 is 2.84 bits per heavy atom. The van der Waals surface area contributed by atoms with Gasteiger partial charge in [-0.2, -0.15) is 0 Å². The molecule has 0 fully saturated rings. The number of nitrogens with zero attached hydrogens (tertiary/aromatic N) is 2. The number of carbonyl (C=O) groups excluding carboxylic acids is 1. The second kappa shape index (κ2) is 5.85. The Hall–Kier alpha value is -2.94. The molecule has 2 N–H and O–H groups in total. The van der Waals surface area contributed by atoms with Gasteiger partial charge in [-0.3, -0.25) is 14.9 Å². The minimum atomic E-state index is -2.04. The van der Waals surface area contributed by atoms with E-state index in [2.05, 4.69) is 10.5 Å². The van der Waals surface area contributed by atoms with Crippen LogP contribution in [-0.4, -0.2) is 28.2 Å². The van der Waals surface area contributed by atoms with E-state index in [1.54, 1.807) is 19.1 Å². The number of benzene rings is 1. The Labute approximate surface area is 142 Å². The van der Waals surface area contributed by atoms with E-state index in [1.807, 2.05) is 0 Å². The molecule has 3 rings (SSSR count). The van der Waals surface area contributed by atoms with E-state index in [1.165, 1.54) is 20.1 Å². The van der Waals surface area contributed by atoms with Crippen LogP contribution in [0.4, 0.5) is 11.4 Å². The summed E-state index contributed by atoms with van der Waals surface area (Å²) in [6.45, 7) is 3.19. The third-order valence-corrected chi connectivity index (χ3v) is 4.53. The highest BCUT2D eigenvalue weighted by Gasteiger charge is 2.53. The third kappa shape index (κ3) is 2.35. The van der Waals surface area contributed by atoms with Gasteiger partial charge >= 0.3 is 5.69 Å². The number of nitrogens with one attached hydrogen (secondary N) is 1. The number of nitro groups is 1. The molecule has 0 aliphatic carbocycles. The number of carbonyl (C=O) groups is 1. The smallest absolute Gasteiger partial charge is 0.335 e. The lowest BCUT2D eigenvalue weighted by Crippen LogP contribution is -2.39. The molecule has 0 unspecified atom stereocenters. The lowest BCUT2D eigenvalue weighted by Gasteiger charge is -2.26. The van der Waals surface area contributed by atoms with Crippen molar-refractivity contribution in [3.63, 3.8) is 0 Å². The summed E-state index contributed by atoms with van der Waals surface area (Å²) in [6, 6.07) is 4.76. The van der Waals surface area contributed by atoms with Crippen LogP contribution in [0, 0.1) is 10.1 Å². The minimum absolute atomic E-state index is 0.143. The molecule has 25 heavy (non-hydrogen) atoms. The molecule has 0 bridgehead atoms. The number of amides is 1. The van der Waals surface area contributed by atoms with Crippen LogP contribution in [0.2, 0.25) is 0 Å². The molecule has 132 valence electrons. The highest BCUT2D eigenvalue weighted by atomic mass is 16.6. The number of aliphatic hydroxyl groups is 1. The van der Waals surface area contributed by atoms with Crippen molar-refractivity contribution in [1.82, 2.24) is 5.16 Å². The van der Waals surface area contributed by atoms with E-state index in [-0.39, 0.29) is 22.7 Å². The second-order valence-electron chi connectivity index (χ2n) is 5.81. The molecule has 1 amide bonds. The summed E-state index contributed by atoms with van der Waals surface area (Å²) in [7, 11) is 1.46. The number of methoxy groups -OCH3 is 1. The van der Waals surface area contributed by atoms with Crippen molar-refractivity contribution in [3.05, 3.63) is 45.3 Å². The molecular formula is C16H17N3O6. The van der Waals surface area contributed by atoms with Crippen molar-refractivity contribution in [2.24, 2.45) is 0 Å². The lowest BCUT2D eigenvalue weighted by atomic mass is 9.81. The maximum Gasteiger partial charge on any atom is 0.335 e. The molecular weight excluding hydrogens is 330 g/mol. The van der Waals surface area contributed by atoms with Crippen LogP contribution in [-0.2, 0) is 16.8 Å². The molecule has 0 spiro atoms. The second-order valence-corrected chi connectivity index (χ2v) is 5.81. The number of fused-ring (bicyclic) bond motifs is 1. The van der Waals surface area contributed by atoms with Crippen LogP contribution in [0.1, 0.15) is 36.8 Å². The largest absolute Gasteiger partial charge is 0.497 e. The number of hydrogen-bond acceptors (Lipinski definition) is 7. The van der Waals surface area contributed by atoms with E-state index in [9.17, 15) is 20.0 Å². The summed E-state index contributed by atoms with van der Waals surface area (Å²) in [4.78, 5) is 23.3. The molecule has 1 aliphatic heterocycles. The van der Waals surface area contributed by atoms with Crippen molar-refractivity contribution in [3.8, 4) is 5.75 Å². The summed E-state index contributed by atoms with van der Waals surface area (Å²) in [5.74, 6) is -1.42. The first kappa shape index (κ1) is 16.9. The summed E-state index contributed by atoms with van der Waals surface area (Å²) in [6.07, 6.45) is 0.293. The van der Waals surface area contributed by atoms with Gasteiger partial charge in [0.1, 0.15) is 5.75 Å². The van der Waals surface area contributed by atoms with Crippen molar-refractivity contribution in [2.45, 2.75) is 31.8 Å². The highest BCUT2D eigenvalue weighted by Crippen LogP contribution is 2.48. The van der Waals surface area contributed by atoms with Gasteiger partial charge in [0.05, 0.1) is 18.0 Å². The Morgan fingerprint density at radius 1 is 1.52 bits per heavy atom. The van der Waals surface area contributed by atoms with Gasteiger partial charge in [0.25, 0.3) is 5.91 Å². The predicted molar refractivity (Wildman–Crippen MR) is 86.5 cm³/mol. The normalized spacial score (nSPS) is 20.1. The van der Waals surface area contributed by atoms with Crippen molar-refractivity contribution in [2.75, 3.05) is 12.4 Å². The van der Waals surface area contributed by atoms with Crippen LogP contribution < -0.4 is 10.1 Å². The molecule has 9 heteroatoms. The molecule has 2 aromatic rings. The Kier molecular flexibility index (Phi) is 3.96. The predicted octanol–water partition coefficient (Wildman–Crippen LogP) is 2.10. The van der Waals surface area contributed by atoms with Crippen LogP contribution in [0.5, 0.6) is 5.75 Å². The maximum atomic E-state index is 12.5. The lowest BCUT2D eigenvalue weighted by molar-refractivity contribution is -0.387. The van der Waals surface area contributed by atoms with Crippen molar-refractivity contribution in [1.29, 1.82) is 0 Å². The van der Waals surface area contributed by atoms with Gasteiger partial charge in [-0.1, -0.05) is 19.0 Å². The maximum absolute atomic E-state index is 12.5. The van der Waals surface area contributed by atoms with E-state index < -0.39 is 22.3 Å². The first-order valence-corrected chi connectivity index (χ1v) is 7.69. The van der Waals surface area contributed by atoms with Crippen LogP contribution in [0.25, 0.3) is 0 Å². The standard InChI is InChI=1S/C16H17N3O6/c1-4-11-13(19(22)23)14(25-18-11)8(2)16(21)10-7-9(24-3)5-6-12(10)17-15(16)20/h5-8,21H,4H2,1-3H3,(H,17,20)/t8-,16-/m0/s1. The van der Waals surface area contributed by atoms with E-state index in [0.717, 1.165) is 0 Å². The fraction of sp³-hybridized carbons (Fsp3) is 0.375. The van der Waals surface area contributed by atoms with Gasteiger partial charge in [-0.05, 0) is 24.6 Å². The zero-order valence-electron chi connectivity index (χ0n) is 13.9. The Bertz CT molecular complexity index is 862. The van der Waals surface area contributed by atoms with Gasteiger partial charge < -0.3 is 19.7 Å². The average molecular weight is 347 g/mol. The molecule has 2 atom stereocenters. The fourth-order valence-corrected chi connectivity index (χ4v) is 3.08. The van der Waals surface area contributed by atoms with Crippen LogP contribution in [0.3, 0.4) is 0 Å². The number of anilines is 1. The first-order valence-electron chi connectivity index (χ1n) is 7.69. The van der Waals surface area contributed by atoms with Crippen LogP contribution in [0.15, 0.2) is 22.7 Å². The number of ether oxygens (including phenoxy) is 1. The molecule has 0 radical (unpaired) electrons.